The van der Waals surface area contributed by atoms with Gasteiger partial charge < -0.3 is 9.80 Å². The zero-order chi connectivity index (χ0) is 19.5. The van der Waals surface area contributed by atoms with Crippen molar-refractivity contribution in [3.63, 3.8) is 0 Å². The van der Waals surface area contributed by atoms with E-state index in [1.54, 1.807) is 12.1 Å². The number of aldehydes is 1. The van der Waals surface area contributed by atoms with Crippen molar-refractivity contribution in [2.45, 2.75) is 31.7 Å². The lowest BCUT2D eigenvalue weighted by Crippen LogP contribution is -2.42. The zero-order valence-electron chi connectivity index (χ0n) is 15.9. The maximum Gasteiger partial charge on any atom is 0.226 e. The summed E-state index contributed by atoms with van der Waals surface area (Å²) in [5.41, 5.74) is 2.67. The van der Waals surface area contributed by atoms with E-state index in [9.17, 15) is 14.0 Å². The first kappa shape index (κ1) is 18.7. The molecule has 2 saturated heterocycles. The second-order valence-corrected chi connectivity index (χ2v) is 7.72. The summed E-state index contributed by atoms with van der Waals surface area (Å²) in [5.74, 6) is -0.00641. The van der Waals surface area contributed by atoms with E-state index < -0.39 is 0 Å². The molecule has 5 heteroatoms. The maximum atomic E-state index is 13.6. The molecule has 146 valence electrons. The molecule has 0 aliphatic carbocycles. The number of carbonyl (C=O) groups is 2. The molecular weight excluding hydrogens is 355 g/mol. The summed E-state index contributed by atoms with van der Waals surface area (Å²) in [6.07, 6.45) is 4.35. The molecule has 4 nitrogen and oxygen atoms in total. The van der Waals surface area contributed by atoms with Crippen molar-refractivity contribution in [3.8, 4) is 0 Å². The number of rotatable bonds is 4. The molecule has 2 heterocycles. The van der Waals surface area contributed by atoms with E-state index in [4.69, 9.17) is 0 Å². The quantitative estimate of drug-likeness (QED) is 0.746. The summed E-state index contributed by atoms with van der Waals surface area (Å²) in [6, 6.07) is 14.2. The summed E-state index contributed by atoms with van der Waals surface area (Å²) in [5, 5.41) is 0. The van der Waals surface area contributed by atoms with Crippen LogP contribution in [0.25, 0.3) is 0 Å². The van der Waals surface area contributed by atoms with Crippen LogP contribution >= 0.6 is 0 Å². The largest absolute Gasteiger partial charge is 0.371 e. The van der Waals surface area contributed by atoms with Crippen molar-refractivity contribution in [1.29, 1.82) is 0 Å². The molecule has 4 rings (SSSR count). The first-order valence-electron chi connectivity index (χ1n) is 10.0. The highest BCUT2D eigenvalue weighted by Gasteiger charge is 2.35. The van der Waals surface area contributed by atoms with Gasteiger partial charge in [-0.2, -0.15) is 0 Å². The lowest BCUT2D eigenvalue weighted by Gasteiger charge is -2.36. The Bertz CT molecular complexity index is 844. The number of nitrogens with zero attached hydrogens (tertiary/aromatic N) is 2. The number of hydrogen-bond acceptors (Lipinski definition) is 3. The Labute approximate surface area is 164 Å². The van der Waals surface area contributed by atoms with Crippen LogP contribution in [0.3, 0.4) is 0 Å². The van der Waals surface area contributed by atoms with Crippen LogP contribution < -0.4 is 4.90 Å². The van der Waals surface area contributed by atoms with Gasteiger partial charge in [0.15, 0.2) is 0 Å². The van der Waals surface area contributed by atoms with Gasteiger partial charge in [0, 0.05) is 36.8 Å². The Morgan fingerprint density at radius 3 is 2.43 bits per heavy atom. The summed E-state index contributed by atoms with van der Waals surface area (Å²) in [7, 11) is 0. The predicted molar refractivity (Wildman–Crippen MR) is 107 cm³/mol. The highest BCUT2D eigenvalue weighted by atomic mass is 19.1. The number of piperidine rings is 1. The summed E-state index contributed by atoms with van der Waals surface area (Å²) in [4.78, 5) is 28.2. The van der Waals surface area contributed by atoms with Crippen LogP contribution in [0.5, 0.6) is 0 Å². The Morgan fingerprint density at radius 2 is 1.75 bits per heavy atom. The zero-order valence-corrected chi connectivity index (χ0v) is 15.9. The second kappa shape index (κ2) is 8.13. The third kappa shape index (κ3) is 3.79. The maximum absolute atomic E-state index is 13.6. The number of likely N-dealkylation sites (tertiary alicyclic amines) is 1. The average Bonchev–Trinajstić information content (AvgIpc) is 3.23. The van der Waals surface area contributed by atoms with Crippen LogP contribution in [-0.2, 0) is 4.79 Å². The minimum Gasteiger partial charge on any atom is -0.371 e. The Balaban J connectivity index is 1.39. The summed E-state index contributed by atoms with van der Waals surface area (Å²) in [6.45, 7) is 2.41. The van der Waals surface area contributed by atoms with E-state index >= 15 is 0 Å². The monoisotopic (exact) mass is 380 g/mol. The minimum atomic E-state index is -0.245. The van der Waals surface area contributed by atoms with Crippen molar-refractivity contribution in [1.82, 2.24) is 4.90 Å². The van der Waals surface area contributed by atoms with E-state index in [2.05, 4.69) is 4.90 Å². The van der Waals surface area contributed by atoms with E-state index in [1.165, 1.54) is 6.07 Å². The summed E-state index contributed by atoms with van der Waals surface area (Å²) >= 11 is 0. The smallest absolute Gasteiger partial charge is 0.226 e. The van der Waals surface area contributed by atoms with Crippen molar-refractivity contribution >= 4 is 17.9 Å². The van der Waals surface area contributed by atoms with Crippen molar-refractivity contribution in [2.24, 2.45) is 5.92 Å². The van der Waals surface area contributed by atoms with Crippen LogP contribution in [0.15, 0.2) is 48.5 Å². The van der Waals surface area contributed by atoms with Crippen LogP contribution in [0.2, 0.25) is 0 Å². The summed E-state index contributed by atoms with van der Waals surface area (Å²) < 4.78 is 13.6. The average molecular weight is 380 g/mol. The van der Waals surface area contributed by atoms with Crippen molar-refractivity contribution in [3.05, 3.63) is 65.5 Å². The molecule has 2 aromatic rings. The van der Waals surface area contributed by atoms with Crippen molar-refractivity contribution < 1.29 is 14.0 Å². The van der Waals surface area contributed by atoms with E-state index in [0.717, 1.165) is 62.9 Å². The van der Waals surface area contributed by atoms with Gasteiger partial charge in [-0.05, 0) is 67.6 Å². The molecule has 0 radical (unpaired) electrons. The number of anilines is 1. The SMILES string of the molecule is O=Cc1ccc(N2CCC(C(=O)N3CCC[C@H]3c3cccc(F)c3)CC2)cc1. The standard InChI is InChI=1S/C23H25FN2O2/c24-20-4-1-3-19(15-20)22-5-2-12-26(22)23(28)18-10-13-25(14-11-18)21-8-6-17(16-27)7-9-21/h1,3-4,6-9,15-16,18,22H,2,5,10-14H2/t22-/m0/s1. The van der Waals surface area contributed by atoms with Gasteiger partial charge in [0.25, 0.3) is 0 Å². The minimum absolute atomic E-state index is 0.00267. The normalized spacial score (nSPS) is 20.4. The van der Waals surface area contributed by atoms with Crippen LogP contribution in [0.1, 0.15) is 47.6 Å². The number of amides is 1. The van der Waals surface area contributed by atoms with Crippen LogP contribution in [0, 0.1) is 11.7 Å². The lowest BCUT2D eigenvalue weighted by atomic mass is 9.94. The predicted octanol–water partition coefficient (Wildman–Crippen LogP) is 4.22. The number of carbonyl (C=O) groups excluding carboxylic acids is 2. The fourth-order valence-corrected chi connectivity index (χ4v) is 4.47. The van der Waals surface area contributed by atoms with Gasteiger partial charge in [0.1, 0.15) is 12.1 Å². The molecule has 2 aliphatic heterocycles. The Morgan fingerprint density at radius 1 is 1.00 bits per heavy atom. The number of halogens is 1. The van der Waals surface area contributed by atoms with Gasteiger partial charge in [-0.15, -0.1) is 0 Å². The molecule has 0 bridgehead atoms. The molecule has 2 aromatic carbocycles. The molecule has 1 atom stereocenters. The fraction of sp³-hybridized carbons (Fsp3) is 0.391. The first-order valence-corrected chi connectivity index (χ1v) is 10.0. The van der Waals surface area contributed by atoms with Crippen LogP contribution in [0.4, 0.5) is 10.1 Å². The van der Waals surface area contributed by atoms with Gasteiger partial charge in [-0.3, -0.25) is 9.59 Å². The van der Waals surface area contributed by atoms with E-state index in [1.807, 2.05) is 35.2 Å². The molecule has 0 N–H and O–H groups in total. The van der Waals surface area contributed by atoms with Gasteiger partial charge >= 0.3 is 0 Å². The fourth-order valence-electron chi connectivity index (χ4n) is 4.47. The van der Waals surface area contributed by atoms with Gasteiger partial charge in [0.2, 0.25) is 5.91 Å². The molecule has 2 fully saturated rings. The van der Waals surface area contributed by atoms with Gasteiger partial charge in [0.05, 0.1) is 6.04 Å². The van der Waals surface area contributed by atoms with Crippen molar-refractivity contribution in [2.75, 3.05) is 24.5 Å². The Hall–Kier alpha value is -2.69. The topological polar surface area (TPSA) is 40.6 Å². The third-order valence-corrected chi connectivity index (χ3v) is 6.01. The highest BCUT2D eigenvalue weighted by molar-refractivity contribution is 5.80. The highest BCUT2D eigenvalue weighted by Crippen LogP contribution is 2.35. The van der Waals surface area contributed by atoms with Gasteiger partial charge in [-0.25, -0.2) is 4.39 Å². The molecule has 2 aliphatic rings. The van der Waals surface area contributed by atoms with Crippen LogP contribution in [-0.4, -0.2) is 36.7 Å². The first-order chi connectivity index (χ1) is 13.7. The van der Waals surface area contributed by atoms with Gasteiger partial charge in [-0.1, -0.05) is 12.1 Å². The third-order valence-electron chi connectivity index (χ3n) is 6.01. The number of hydrogen-bond donors (Lipinski definition) is 0. The molecule has 0 saturated carbocycles. The molecule has 0 aromatic heterocycles. The molecule has 0 unspecified atom stereocenters. The molecular formula is C23H25FN2O2. The lowest BCUT2D eigenvalue weighted by molar-refractivity contribution is -0.137. The molecule has 28 heavy (non-hydrogen) atoms. The second-order valence-electron chi connectivity index (χ2n) is 7.72. The van der Waals surface area contributed by atoms with E-state index in [-0.39, 0.29) is 23.7 Å². The number of benzene rings is 2. The molecule has 1 amide bonds. The Kier molecular flexibility index (Phi) is 5.42. The molecule has 0 spiro atoms. The van der Waals surface area contributed by atoms with E-state index in [0.29, 0.717) is 5.56 Å².